The summed E-state index contributed by atoms with van der Waals surface area (Å²) < 4.78 is 0. The number of oxime groups is 1. The Hall–Kier alpha value is -1.84. The van der Waals surface area contributed by atoms with Crippen LogP contribution in [-0.4, -0.2) is 28.3 Å². The molecule has 4 heteroatoms. The van der Waals surface area contributed by atoms with E-state index in [1.54, 1.807) is 0 Å². The first-order valence-corrected chi connectivity index (χ1v) is 6.48. The van der Waals surface area contributed by atoms with E-state index in [9.17, 15) is 0 Å². The lowest BCUT2D eigenvalue weighted by atomic mass is 9.96. The summed E-state index contributed by atoms with van der Waals surface area (Å²) in [4.78, 5) is 6.81. The Bertz CT molecular complexity index is 481. The quantitative estimate of drug-likeness (QED) is 0.609. The van der Waals surface area contributed by atoms with Gasteiger partial charge < -0.3 is 10.1 Å². The number of hydrogen-bond acceptors (Lipinski definition) is 3. The zero-order chi connectivity index (χ0) is 12.4. The highest BCUT2D eigenvalue weighted by molar-refractivity contribution is 6.00. The summed E-state index contributed by atoms with van der Waals surface area (Å²) in [6.45, 7) is 1.05. The van der Waals surface area contributed by atoms with Gasteiger partial charge >= 0.3 is 0 Å². The van der Waals surface area contributed by atoms with Crippen LogP contribution in [0.1, 0.15) is 37.3 Å². The molecule has 1 saturated heterocycles. The average molecular weight is 243 g/mol. The van der Waals surface area contributed by atoms with E-state index in [2.05, 4.69) is 39.3 Å². The minimum absolute atomic E-state index is 0.268. The van der Waals surface area contributed by atoms with E-state index >= 15 is 0 Å². The first-order valence-electron chi connectivity index (χ1n) is 6.48. The Kier molecular flexibility index (Phi) is 3.00. The maximum absolute atomic E-state index is 9.01. The summed E-state index contributed by atoms with van der Waals surface area (Å²) >= 11 is 0. The monoisotopic (exact) mass is 243 g/mol. The summed E-state index contributed by atoms with van der Waals surface area (Å²) in [6.07, 6.45) is 4.07. The lowest BCUT2D eigenvalue weighted by Crippen LogP contribution is -2.42. The Morgan fingerprint density at radius 2 is 2.06 bits per heavy atom. The predicted molar refractivity (Wildman–Crippen MR) is 71.0 cm³/mol. The van der Waals surface area contributed by atoms with Crippen LogP contribution in [0.15, 0.2) is 40.5 Å². The number of fused-ring (bicyclic) bond motifs is 1. The number of hydrogen-bond donors (Lipinski definition) is 1. The molecular weight excluding hydrogens is 226 g/mol. The van der Waals surface area contributed by atoms with Gasteiger partial charge in [0.15, 0.2) is 5.84 Å². The van der Waals surface area contributed by atoms with Gasteiger partial charge in [-0.15, -0.1) is 0 Å². The molecule has 1 atom stereocenters. The molecule has 1 unspecified atom stereocenters. The molecular formula is C14H17N3O. The largest absolute Gasteiger partial charge is 0.409 e. The normalized spacial score (nSPS) is 25.8. The molecule has 18 heavy (non-hydrogen) atoms. The van der Waals surface area contributed by atoms with Crippen LogP contribution < -0.4 is 0 Å². The number of nitrogens with zero attached hydrogens (tertiary/aromatic N) is 3. The van der Waals surface area contributed by atoms with E-state index in [1.807, 2.05) is 6.07 Å². The van der Waals surface area contributed by atoms with Crippen LogP contribution in [-0.2, 0) is 0 Å². The van der Waals surface area contributed by atoms with E-state index in [0.29, 0.717) is 12.3 Å². The number of piperidine rings is 1. The highest BCUT2D eigenvalue weighted by Gasteiger charge is 2.31. The van der Waals surface area contributed by atoms with Gasteiger partial charge in [-0.3, -0.25) is 0 Å². The highest BCUT2D eigenvalue weighted by Crippen LogP contribution is 2.32. The molecule has 0 amide bonds. The number of aliphatic imine (C=N–C) groups is 1. The fourth-order valence-electron chi connectivity index (χ4n) is 2.81. The molecule has 2 aliphatic heterocycles. The fourth-order valence-corrected chi connectivity index (χ4v) is 2.81. The molecule has 94 valence electrons. The predicted octanol–water partition coefficient (Wildman–Crippen LogP) is 2.80. The van der Waals surface area contributed by atoms with Gasteiger partial charge in [-0.1, -0.05) is 35.5 Å². The maximum atomic E-state index is 9.01. The number of amidine groups is 2. The molecule has 1 aromatic rings. The summed E-state index contributed by atoms with van der Waals surface area (Å²) in [7, 11) is 0. The lowest BCUT2D eigenvalue weighted by molar-refractivity contribution is 0.273. The third-order valence-electron chi connectivity index (χ3n) is 3.69. The van der Waals surface area contributed by atoms with Crippen molar-refractivity contribution < 1.29 is 5.21 Å². The average Bonchev–Trinajstić information content (AvgIpc) is 2.47. The summed E-state index contributed by atoms with van der Waals surface area (Å²) in [6, 6.07) is 10.7. The first-order chi connectivity index (χ1) is 8.88. The molecule has 0 aliphatic carbocycles. The molecule has 1 aromatic carbocycles. The van der Waals surface area contributed by atoms with E-state index in [1.165, 1.54) is 18.4 Å². The topological polar surface area (TPSA) is 48.2 Å². The van der Waals surface area contributed by atoms with Crippen LogP contribution in [0.25, 0.3) is 0 Å². The van der Waals surface area contributed by atoms with Crippen molar-refractivity contribution >= 4 is 11.7 Å². The van der Waals surface area contributed by atoms with E-state index < -0.39 is 0 Å². The van der Waals surface area contributed by atoms with Crippen molar-refractivity contribution in [2.45, 2.75) is 31.7 Å². The third kappa shape index (κ3) is 1.98. The van der Waals surface area contributed by atoms with Gasteiger partial charge in [0.1, 0.15) is 5.84 Å². The molecule has 0 aromatic heterocycles. The lowest BCUT2D eigenvalue weighted by Gasteiger charge is -2.40. The molecule has 1 fully saturated rings. The van der Waals surface area contributed by atoms with E-state index in [-0.39, 0.29) is 6.04 Å². The van der Waals surface area contributed by atoms with Crippen molar-refractivity contribution in [2.24, 2.45) is 10.1 Å². The van der Waals surface area contributed by atoms with Crippen LogP contribution in [0.3, 0.4) is 0 Å². The van der Waals surface area contributed by atoms with Crippen molar-refractivity contribution in [3.8, 4) is 0 Å². The van der Waals surface area contributed by atoms with Gasteiger partial charge in [0, 0.05) is 19.4 Å². The standard InChI is InChI=1S/C14H17N3O/c18-16-13-10-12(11-6-2-1-3-7-11)17-9-5-4-8-14(17)15-13/h1-3,6-7,12,18H,4-5,8-10H2/b16-13-. The Balaban J connectivity index is 1.97. The van der Waals surface area contributed by atoms with Crippen LogP contribution in [0.4, 0.5) is 0 Å². The van der Waals surface area contributed by atoms with Gasteiger partial charge in [0.25, 0.3) is 0 Å². The molecule has 0 spiro atoms. The second-order valence-electron chi connectivity index (χ2n) is 4.83. The Morgan fingerprint density at radius 3 is 2.83 bits per heavy atom. The van der Waals surface area contributed by atoms with Gasteiger partial charge in [0.2, 0.25) is 0 Å². The van der Waals surface area contributed by atoms with Crippen LogP contribution in [0.5, 0.6) is 0 Å². The summed E-state index contributed by atoms with van der Waals surface area (Å²) in [5, 5.41) is 12.3. The van der Waals surface area contributed by atoms with E-state index in [0.717, 1.165) is 18.8 Å². The van der Waals surface area contributed by atoms with Gasteiger partial charge in [-0.2, -0.15) is 0 Å². The van der Waals surface area contributed by atoms with Gasteiger partial charge in [0.05, 0.1) is 6.04 Å². The zero-order valence-electron chi connectivity index (χ0n) is 10.3. The fraction of sp³-hybridized carbons (Fsp3) is 0.429. The molecule has 2 aliphatic rings. The first kappa shape index (κ1) is 11.3. The maximum Gasteiger partial charge on any atom is 0.171 e. The molecule has 2 heterocycles. The minimum atomic E-state index is 0.268. The van der Waals surface area contributed by atoms with Crippen molar-refractivity contribution in [3.05, 3.63) is 35.9 Å². The smallest absolute Gasteiger partial charge is 0.171 e. The molecule has 3 rings (SSSR count). The number of benzene rings is 1. The number of rotatable bonds is 1. The Morgan fingerprint density at radius 1 is 1.22 bits per heavy atom. The second-order valence-corrected chi connectivity index (χ2v) is 4.83. The zero-order valence-corrected chi connectivity index (χ0v) is 10.3. The molecule has 1 N–H and O–H groups in total. The third-order valence-corrected chi connectivity index (χ3v) is 3.69. The highest BCUT2D eigenvalue weighted by atomic mass is 16.4. The van der Waals surface area contributed by atoms with Crippen molar-refractivity contribution in [3.63, 3.8) is 0 Å². The Labute approximate surface area is 107 Å². The summed E-state index contributed by atoms with van der Waals surface area (Å²) in [5.74, 6) is 1.63. The minimum Gasteiger partial charge on any atom is -0.409 e. The second kappa shape index (κ2) is 4.80. The SMILES string of the molecule is O/N=C1/CC(c2ccccc2)N2CCCCC2=N1. The molecule has 0 bridgehead atoms. The van der Waals surface area contributed by atoms with Crippen molar-refractivity contribution in [1.82, 2.24) is 4.90 Å². The molecule has 0 radical (unpaired) electrons. The summed E-state index contributed by atoms with van der Waals surface area (Å²) in [5.41, 5.74) is 1.27. The molecule has 4 nitrogen and oxygen atoms in total. The molecule has 0 saturated carbocycles. The van der Waals surface area contributed by atoms with Gasteiger partial charge in [-0.25, -0.2) is 4.99 Å². The van der Waals surface area contributed by atoms with Crippen molar-refractivity contribution in [2.75, 3.05) is 6.54 Å². The van der Waals surface area contributed by atoms with Crippen LogP contribution >= 0.6 is 0 Å². The van der Waals surface area contributed by atoms with E-state index in [4.69, 9.17) is 5.21 Å². The van der Waals surface area contributed by atoms with Gasteiger partial charge in [-0.05, 0) is 18.4 Å². The van der Waals surface area contributed by atoms with Crippen LogP contribution in [0, 0.1) is 0 Å². The van der Waals surface area contributed by atoms with Crippen molar-refractivity contribution in [1.29, 1.82) is 0 Å². The van der Waals surface area contributed by atoms with Crippen LogP contribution in [0.2, 0.25) is 0 Å².